The number of carbonyl (C=O) groups excluding carboxylic acids is 1. The Balaban J connectivity index is 1.27. The van der Waals surface area contributed by atoms with E-state index in [1.165, 1.54) is 16.8 Å². The first-order valence-corrected chi connectivity index (χ1v) is 11.4. The predicted octanol–water partition coefficient (Wildman–Crippen LogP) is 3.93. The van der Waals surface area contributed by atoms with E-state index in [1.54, 1.807) is 18.2 Å². The Hall–Kier alpha value is -3.07. The first kappa shape index (κ1) is 21.8. The van der Waals surface area contributed by atoms with Crippen LogP contribution in [0, 0.1) is 0 Å². The molecule has 8 nitrogen and oxygen atoms in total. The number of fused-ring (bicyclic) bond motifs is 1. The standard InChI is InChI=1S/C23H22Cl2N6O2/c24-19-2-1-3-20(25)18(19)13-31-14-33-21-17(22(31)32)12-27-23(29-21)28-15-4-6-16(7-5-15)30-10-8-26-9-11-30/h1-7,12,26H,8-11,13-14H2,(H,27,28,29). The van der Waals surface area contributed by atoms with E-state index in [0.29, 0.717) is 27.1 Å². The number of benzene rings is 2. The molecule has 2 aliphatic heterocycles. The summed E-state index contributed by atoms with van der Waals surface area (Å²) in [6, 6.07) is 13.4. The highest BCUT2D eigenvalue weighted by Gasteiger charge is 2.28. The topological polar surface area (TPSA) is 82.6 Å². The first-order chi connectivity index (χ1) is 16.1. The van der Waals surface area contributed by atoms with Crippen LogP contribution in [0.4, 0.5) is 17.3 Å². The average Bonchev–Trinajstić information content (AvgIpc) is 2.84. The number of rotatable bonds is 5. The summed E-state index contributed by atoms with van der Waals surface area (Å²) in [6.07, 6.45) is 1.47. The number of aromatic nitrogens is 2. The van der Waals surface area contributed by atoms with Crippen molar-refractivity contribution in [2.24, 2.45) is 0 Å². The molecule has 2 aromatic carbocycles. The van der Waals surface area contributed by atoms with E-state index in [-0.39, 0.29) is 25.1 Å². The molecule has 3 aromatic rings. The van der Waals surface area contributed by atoms with Gasteiger partial charge in [-0.15, -0.1) is 0 Å². The quantitative estimate of drug-likeness (QED) is 0.567. The Morgan fingerprint density at radius 3 is 2.52 bits per heavy atom. The van der Waals surface area contributed by atoms with Crippen molar-refractivity contribution in [3.8, 4) is 5.88 Å². The smallest absolute Gasteiger partial charge is 0.263 e. The van der Waals surface area contributed by atoms with E-state index in [9.17, 15) is 4.79 Å². The lowest BCUT2D eigenvalue weighted by molar-refractivity contribution is 0.0484. The van der Waals surface area contributed by atoms with Gasteiger partial charge in [-0.1, -0.05) is 29.3 Å². The van der Waals surface area contributed by atoms with Crippen molar-refractivity contribution >= 4 is 46.4 Å². The van der Waals surface area contributed by atoms with Crippen molar-refractivity contribution in [1.29, 1.82) is 0 Å². The van der Waals surface area contributed by atoms with Crippen LogP contribution in [0.5, 0.6) is 5.88 Å². The zero-order chi connectivity index (χ0) is 22.8. The second kappa shape index (κ2) is 9.43. The van der Waals surface area contributed by atoms with Gasteiger partial charge < -0.3 is 25.2 Å². The van der Waals surface area contributed by atoms with E-state index in [4.69, 9.17) is 27.9 Å². The first-order valence-electron chi connectivity index (χ1n) is 10.6. The Labute approximate surface area is 201 Å². The molecule has 170 valence electrons. The SMILES string of the molecule is O=C1c2cnc(Nc3ccc(N4CCNCC4)cc3)nc2OCN1Cc1c(Cl)cccc1Cl. The number of hydrogen-bond acceptors (Lipinski definition) is 7. The minimum absolute atomic E-state index is 0.0449. The highest BCUT2D eigenvalue weighted by molar-refractivity contribution is 6.36. The molecule has 33 heavy (non-hydrogen) atoms. The van der Waals surface area contributed by atoms with Crippen molar-refractivity contribution in [2.45, 2.75) is 6.54 Å². The fourth-order valence-electron chi connectivity index (χ4n) is 3.85. The Kier molecular flexibility index (Phi) is 6.22. The molecule has 2 aliphatic rings. The number of anilines is 3. The predicted molar refractivity (Wildman–Crippen MR) is 129 cm³/mol. The van der Waals surface area contributed by atoms with Gasteiger partial charge in [-0.25, -0.2) is 4.98 Å². The number of ether oxygens (including phenoxy) is 1. The van der Waals surface area contributed by atoms with Gasteiger partial charge in [0, 0.05) is 59.4 Å². The van der Waals surface area contributed by atoms with Crippen LogP contribution in [-0.4, -0.2) is 53.7 Å². The largest absolute Gasteiger partial charge is 0.455 e. The molecule has 1 saturated heterocycles. The summed E-state index contributed by atoms with van der Waals surface area (Å²) in [7, 11) is 0. The molecule has 1 aromatic heterocycles. The molecule has 0 bridgehead atoms. The van der Waals surface area contributed by atoms with Gasteiger partial charge in [-0.2, -0.15) is 4.98 Å². The summed E-state index contributed by atoms with van der Waals surface area (Å²) in [5.74, 6) is 0.370. The van der Waals surface area contributed by atoms with Gasteiger partial charge in [0.15, 0.2) is 6.73 Å². The number of halogens is 2. The second-order valence-electron chi connectivity index (χ2n) is 7.80. The maximum absolute atomic E-state index is 13.0. The van der Waals surface area contributed by atoms with E-state index >= 15 is 0 Å². The van der Waals surface area contributed by atoms with Crippen LogP contribution < -0.4 is 20.3 Å². The minimum atomic E-state index is -0.237. The molecule has 1 fully saturated rings. The summed E-state index contributed by atoms with van der Waals surface area (Å²) in [6.45, 7) is 4.24. The monoisotopic (exact) mass is 484 g/mol. The van der Waals surface area contributed by atoms with Crippen molar-refractivity contribution in [3.05, 3.63) is 69.8 Å². The van der Waals surface area contributed by atoms with Crippen molar-refractivity contribution in [3.63, 3.8) is 0 Å². The van der Waals surface area contributed by atoms with Crippen molar-refractivity contribution in [2.75, 3.05) is 43.1 Å². The van der Waals surface area contributed by atoms with Crippen LogP contribution >= 0.6 is 23.2 Å². The van der Waals surface area contributed by atoms with E-state index in [2.05, 4.69) is 37.6 Å². The summed E-state index contributed by atoms with van der Waals surface area (Å²) < 4.78 is 5.75. The van der Waals surface area contributed by atoms with Crippen LogP contribution in [0.2, 0.25) is 10.0 Å². The third kappa shape index (κ3) is 4.68. The Bertz CT molecular complexity index is 1150. The van der Waals surface area contributed by atoms with Crippen molar-refractivity contribution in [1.82, 2.24) is 20.2 Å². The molecule has 5 rings (SSSR count). The molecule has 2 N–H and O–H groups in total. The molecule has 0 atom stereocenters. The van der Waals surface area contributed by atoms with Gasteiger partial charge >= 0.3 is 0 Å². The summed E-state index contributed by atoms with van der Waals surface area (Å²) in [4.78, 5) is 25.5. The van der Waals surface area contributed by atoms with Crippen molar-refractivity contribution < 1.29 is 9.53 Å². The molecule has 0 spiro atoms. The van der Waals surface area contributed by atoms with Gasteiger partial charge in [0.25, 0.3) is 5.91 Å². The minimum Gasteiger partial charge on any atom is -0.455 e. The summed E-state index contributed by atoms with van der Waals surface area (Å²) in [5, 5.41) is 7.53. The Morgan fingerprint density at radius 1 is 1.06 bits per heavy atom. The number of nitrogens with zero attached hydrogens (tertiary/aromatic N) is 4. The molecule has 3 heterocycles. The normalized spacial score (nSPS) is 15.8. The lowest BCUT2D eigenvalue weighted by Gasteiger charge is -2.29. The summed E-state index contributed by atoms with van der Waals surface area (Å²) in [5.41, 5.74) is 3.00. The maximum Gasteiger partial charge on any atom is 0.263 e. The highest BCUT2D eigenvalue weighted by Crippen LogP contribution is 2.30. The van der Waals surface area contributed by atoms with Gasteiger partial charge in [0.1, 0.15) is 5.56 Å². The molecule has 0 aliphatic carbocycles. The second-order valence-corrected chi connectivity index (χ2v) is 8.61. The average molecular weight is 485 g/mol. The molecule has 0 radical (unpaired) electrons. The van der Waals surface area contributed by atoms with E-state index < -0.39 is 0 Å². The zero-order valence-corrected chi connectivity index (χ0v) is 19.2. The van der Waals surface area contributed by atoms with Crippen LogP contribution in [0.1, 0.15) is 15.9 Å². The molecule has 1 amide bonds. The molecular weight excluding hydrogens is 463 g/mol. The fourth-order valence-corrected chi connectivity index (χ4v) is 4.37. The third-order valence-corrected chi connectivity index (χ3v) is 6.35. The van der Waals surface area contributed by atoms with Gasteiger partial charge in [0.05, 0.1) is 6.54 Å². The van der Waals surface area contributed by atoms with Crippen LogP contribution in [0.3, 0.4) is 0 Å². The fraction of sp³-hybridized carbons (Fsp3) is 0.261. The lowest BCUT2D eigenvalue weighted by atomic mass is 10.2. The lowest BCUT2D eigenvalue weighted by Crippen LogP contribution is -2.43. The van der Waals surface area contributed by atoms with Crippen LogP contribution in [0.15, 0.2) is 48.7 Å². The van der Waals surface area contributed by atoms with Gasteiger partial charge in [0.2, 0.25) is 11.8 Å². The molecular formula is C23H22Cl2N6O2. The molecule has 0 unspecified atom stereocenters. The number of hydrogen-bond donors (Lipinski definition) is 2. The van der Waals surface area contributed by atoms with Crippen LogP contribution in [-0.2, 0) is 6.54 Å². The number of carbonyl (C=O) groups is 1. The zero-order valence-electron chi connectivity index (χ0n) is 17.7. The summed E-state index contributed by atoms with van der Waals surface area (Å²) >= 11 is 12.5. The number of amides is 1. The maximum atomic E-state index is 13.0. The third-order valence-electron chi connectivity index (χ3n) is 5.64. The Morgan fingerprint density at radius 2 is 1.79 bits per heavy atom. The van der Waals surface area contributed by atoms with Gasteiger partial charge in [-0.3, -0.25) is 4.79 Å². The number of nitrogens with one attached hydrogen (secondary N) is 2. The van der Waals surface area contributed by atoms with Crippen LogP contribution in [0.25, 0.3) is 0 Å². The molecule has 10 heteroatoms. The van der Waals surface area contributed by atoms with E-state index in [0.717, 1.165) is 31.9 Å². The molecule has 0 saturated carbocycles. The number of piperazine rings is 1. The van der Waals surface area contributed by atoms with E-state index in [1.807, 2.05) is 12.1 Å². The highest BCUT2D eigenvalue weighted by atomic mass is 35.5. The van der Waals surface area contributed by atoms with Gasteiger partial charge in [-0.05, 0) is 36.4 Å².